The van der Waals surface area contributed by atoms with Gasteiger partial charge in [0, 0.05) is 38.9 Å². The summed E-state index contributed by atoms with van der Waals surface area (Å²) in [5, 5.41) is 3.22. The van der Waals surface area contributed by atoms with Gasteiger partial charge in [-0.25, -0.2) is 4.98 Å². The van der Waals surface area contributed by atoms with Crippen molar-refractivity contribution >= 4 is 11.7 Å². The first-order valence-corrected chi connectivity index (χ1v) is 6.11. The zero-order valence-corrected chi connectivity index (χ0v) is 11.6. The molecule has 0 atom stereocenters. The molecule has 1 amide bonds. The number of hydrogen-bond acceptors (Lipinski definition) is 4. The molecule has 0 saturated heterocycles. The minimum atomic E-state index is 0.103. The highest BCUT2D eigenvalue weighted by molar-refractivity contribution is 5.77. The van der Waals surface area contributed by atoms with E-state index in [2.05, 4.69) is 10.3 Å². The molecule has 5 heteroatoms. The summed E-state index contributed by atoms with van der Waals surface area (Å²) in [4.78, 5) is 19.5. The standard InChI is InChI=1S/C13H22N4O/c1-5-14-13-11(7-6-8-15-13)9-17(4)10-12(18)16(2)3/h6-8H,5,9-10H2,1-4H3,(H,14,15). The van der Waals surface area contributed by atoms with Crippen molar-refractivity contribution in [2.75, 3.05) is 39.5 Å². The predicted molar refractivity (Wildman–Crippen MR) is 73.4 cm³/mol. The molecule has 0 radical (unpaired) electrons. The van der Waals surface area contributed by atoms with Crippen molar-refractivity contribution in [3.05, 3.63) is 23.9 Å². The van der Waals surface area contributed by atoms with Crippen LogP contribution in [0.2, 0.25) is 0 Å². The minimum Gasteiger partial charge on any atom is -0.370 e. The number of anilines is 1. The van der Waals surface area contributed by atoms with Crippen molar-refractivity contribution in [2.24, 2.45) is 0 Å². The number of carbonyl (C=O) groups is 1. The Hall–Kier alpha value is -1.62. The molecule has 18 heavy (non-hydrogen) atoms. The maximum Gasteiger partial charge on any atom is 0.236 e. The van der Waals surface area contributed by atoms with E-state index in [0.29, 0.717) is 13.1 Å². The third kappa shape index (κ3) is 4.33. The molecule has 0 aliphatic rings. The fraction of sp³-hybridized carbons (Fsp3) is 0.538. The molecule has 0 fully saturated rings. The van der Waals surface area contributed by atoms with Crippen LogP contribution in [-0.4, -0.2) is 54.9 Å². The van der Waals surface area contributed by atoms with Crippen LogP contribution in [0.4, 0.5) is 5.82 Å². The Kier molecular flexibility index (Phi) is 5.58. The number of pyridine rings is 1. The lowest BCUT2D eigenvalue weighted by Crippen LogP contribution is -2.34. The minimum absolute atomic E-state index is 0.103. The van der Waals surface area contributed by atoms with Gasteiger partial charge in [0.1, 0.15) is 5.82 Å². The Morgan fingerprint density at radius 3 is 2.72 bits per heavy atom. The first kappa shape index (κ1) is 14.4. The zero-order valence-electron chi connectivity index (χ0n) is 11.6. The zero-order chi connectivity index (χ0) is 13.5. The van der Waals surface area contributed by atoms with E-state index in [0.717, 1.165) is 17.9 Å². The lowest BCUT2D eigenvalue weighted by molar-refractivity contribution is -0.129. The average Bonchev–Trinajstić information content (AvgIpc) is 2.31. The summed E-state index contributed by atoms with van der Waals surface area (Å²) in [7, 11) is 5.47. The average molecular weight is 250 g/mol. The monoisotopic (exact) mass is 250 g/mol. The molecule has 0 aliphatic heterocycles. The molecule has 1 rings (SSSR count). The fourth-order valence-electron chi connectivity index (χ4n) is 1.61. The summed E-state index contributed by atoms with van der Waals surface area (Å²) in [6.07, 6.45) is 1.77. The summed E-state index contributed by atoms with van der Waals surface area (Å²) >= 11 is 0. The van der Waals surface area contributed by atoms with Crippen LogP contribution in [-0.2, 0) is 11.3 Å². The number of carbonyl (C=O) groups excluding carboxylic acids is 1. The molecule has 100 valence electrons. The van der Waals surface area contributed by atoms with Crippen LogP contribution >= 0.6 is 0 Å². The van der Waals surface area contributed by atoms with Crippen molar-refractivity contribution in [2.45, 2.75) is 13.5 Å². The number of hydrogen-bond donors (Lipinski definition) is 1. The lowest BCUT2D eigenvalue weighted by atomic mass is 10.2. The van der Waals surface area contributed by atoms with Gasteiger partial charge < -0.3 is 10.2 Å². The smallest absolute Gasteiger partial charge is 0.236 e. The van der Waals surface area contributed by atoms with Gasteiger partial charge in [-0.1, -0.05) is 6.07 Å². The first-order valence-electron chi connectivity index (χ1n) is 6.11. The second-order valence-corrected chi connectivity index (χ2v) is 4.50. The summed E-state index contributed by atoms with van der Waals surface area (Å²) < 4.78 is 0. The third-order valence-electron chi connectivity index (χ3n) is 2.58. The van der Waals surface area contributed by atoms with Crippen molar-refractivity contribution < 1.29 is 4.79 Å². The second kappa shape index (κ2) is 6.96. The quantitative estimate of drug-likeness (QED) is 0.819. The Bertz CT molecular complexity index is 392. The van der Waals surface area contributed by atoms with Crippen LogP contribution in [0.15, 0.2) is 18.3 Å². The number of nitrogens with zero attached hydrogens (tertiary/aromatic N) is 3. The van der Waals surface area contributed by atoms with Gasteiger partial charge in [0.15, 0.2) is 0 Å². The maximum absolute atomic E-state index is 11.6. The molecule has 0 bridgehead atoms. The molecular weight excluding hydrogens is 228 g/mol. The van der Waals surface area contributed by atoms with Crippen molar-refractivity contribution in [1.29, 1.82) is 0 Å². The van der Waals surface area contributed by atoms with Crippen molar-refractivity contribution in [3.63, 3.8) is 0 Å². The molecule has 1 N–H and O–H groups in total. The SMILES string of the molecule is CCNc1ncccc1CN(C)CC(=O)N(C)C. The molecule has 0 unspecified atom stereocenters. The van der Waals surface area contributed by atoms with E-state index in [1.54, 1.807) is 25.2 Å². The highest BCUT2D eigenvalue weighted by atomic mass is 16.2. The van der Waals surface area contributed by atoms with Crippen LogP contribution in [0.1, 0.15) is 12.5 Å². The summed E-state index contributed by atoms with van der Waals surface area (Å²) in [6.45, 7) is 3.99. The van der Waals surface area contributed by atoms with E-state index in [1.165, 1.54) is 0 Å². The molecular formula is C13H22N4O. The Balaban J connectivity index is 2.63. The van der Waals surface area contributed by atoms with Crippen LogP contribution in [0, 0.1) is 0 Å². The molecule has 1 aromatic rings. The van der Waals surface area contributed by atoms with E-state index in [4.69, 9.17) is 0 Å². The fourth-order valence-corrected chi connectivity index (χ4v) is 1.61. The number of aromatic nitrogens is 1. The third-order valence-corrected chi connectivity index (χ3v) is 2.58. The van der Waals surface area contributed by atoms with Gasteiger partial charge in [0.25, 0.3) is 0 Å². The predicted octanol–water partition coefficient (Wildman–Crippen LogP) is 1.03. The highest BCUT2D eigenvalue weighted by Crippen LogP contribution is 2.13. The van der Waals surface area contributed by atoms with Crippen molar-refractivity contribution in [1.82, 2.24) is 14.8 Å². The number of nitrogens with one attached hydrogen (secondary N) is 1. The molecule has 1 aromatic heterocycles. The van der Waals surface area contributed by atoms with E-state index in [1.807, 2.05) is 31.0 Å². The van der Waals surface area contributed by atoms with Gasteiger partial charge in [-0.2, -0.15) is 0 Å². The molecule has 1 heterocycles. The second-order valence-electron chi connectivity index (χ2n) is 4.50. The van der Waals surface area contributed by atoms with Gasteiger partial charge in [-0.05, 0) is 20.0 Å². The van der Waals surface area contributed by atoms with Gasteiger partial charge in [0.05, 0.1) is 6.54 Å². The topological polar surface area (TPSA) is 48.5 Å². The van der Waals surface area contributed by atoms with Gasteiger partial charge in [-0.3, -0.25) is 9.69 Å². The van der Waals surface area contributed by atoms with Gasteiger partial charge in [-0.15, -0.1) is 0 Å². The van der Waals surface area contributed by atoms with Gasteiger partial charge >= 0.3 is 0 Å². The Labute approximate surface area is 109 Å². The van der Waals surface area contributed by atoms with Crippen LogP contribution < -0.4 is 5.32 Å². The molecule has 0 spiro atoms. The number of amides is 1. The highest BCUT2D eigenvalue weighted by Gasteiger charge is 2.10. The Morgan fingerprint density at radius 1 is 1.39 bits per heavy atom. The molecule has 0 aliphatic carbocycles. The van der Waals surface area contributed by atoms with E-state index in [9.17, 15) is 4.79 Å². The van der Waals surface area contributed by atoms with Crippen LogP contribution in [0.3, 0.4) is 0 Å². The van der Waals surface area contributed by atoms with Gasteiger partial charge in [0.2, 0.25) is 5.91 Å². The van der Waals surface area contributed by atoms with E-state index < -0.39 is 0 Å². The maximum atomic E-state index is 11.6. The number of likely N-dealkylation sites (N-methyl/N-ethyl adjacent to an activating group) is 2. The first-order chi connectivity index (χ1) is 8.54. The normalized spacial score (nSPS) is 10.5. The van der Waals surface area contributed by atoms with Crippen molar-refractivity contribution in [3.8, 4) is 0 Å². The van der Waals surface area contributed by atoms with Crippen LogP contribution in [0.25, 0.3) is 0 Å². The Morgan fingerprint density at radius 2 is 2.11 bits per heavy atom. The lowest BCUT2D eigenvalue weighted by Gasteiger charge is -2.20. The summed E-state index contributed by atoms with van der Waals surface area (Å²) in [5.74, 6) is 0.996. The van der Waals surface area contributed by atoms with Crippen LogP contribution in [0.5, 0.6) is 0 Å². The molecule has 5 nitrogen and oxygen atoms in total. The van der Waals surface area contributed by atoms with E-state index in [-0.39, 0.29) is 5.91 Å². The summed E-state index contributed by atoms with van der Waals surface area (Å²) in [6, 6.07) is 3.94. The molecule has 0 saturated carbocycles. The largest absolute Gasteiger partial charge is 0.370 e. The van der Waals surface area contributed by atoms with E-state index >= 15 is 0 Å². The number of rotatable bonds is 6. The molecule has 0 aromatic carbocycles. The summed E-state index contributed by atoms with van der Waals surface area (Å²) in [5.41, 5.74) is 1.11.